The van der Waals surface area contributed by atoms with Crippen molar-refractivity contribution in [3.63, 3.8) is 0 Å². The van der Waals surface area contributed by atoms with Gasteiger partial charge in [-0.15, -0.1) is 0 Å². The maximum absolute atomic E-state index is 12.1. The molecule has 2 heterocycles. The first-order valence-electron chi connectivity index (χ1n) is 7.28. The Morgan fingerprint density at radius 1 is 1.36 bits per heavy atom. The second kappa shape index (κ2) is 7.02. The fraction of sp³-hybridized carbons (Fsp3) is 0.467. The lowest BCUT2D eigenvalue weighted by molar-refractivity contribution is -0.130. The van der Waals surface area contributed by atoms with Gasteiger partial charge in [0, 0.05) is 19.7 Å². The number of amides is 4. The highest BCUT2D eigenvalue weighted by atomic mass is 16.2. The van der Waals surface area contributed by atoms with Crippen LogP contribution in [0.5, 0.6) is 0 Å². The molecule has 0 radical (unpaired) electrons. The normalized spacial score (nSPS) is 17.1. The Hall–Kier alpha value is -2.44. The highest BCUT2D eigenvalue weighted by molar-refractivity contribution is 6.04. The molecule has 1 aromatic heterocycles. The Bertz CT molecular complexity index is 571. The van der Waals surface area contributed by atoms with Crippen molar-refractivity contribution in [1.82, 2.24) is 20.5 Å². The van der Waals surface area contributed by atoms with Crippen molar-refractivity contribution in [2.75, 3.05) is 7.05 Å². The van der Waals surface area contributed by atoms with Gasteiger partial charge >= 0.3 is 6.03 Å². The molecular weight excluding hydrogens is 284 g/mol. The minimum absolute atomic E-state index is 0.0877. The average Bonchev–Trinajstić information content (AvgIpc) is 2.83. The van der Waals surface area contributed by atoms with Crippen molar-refractivity contribution < 1.29 is 14.4 Å². The molecule has 0 aliphatic carbocycles. The van der Waals surface area contributed by atoms with Gasteiger partial charge in [0.05, 0.1) is 12.2 Å². The first-order valence-corrected chi connectivity index (χ1v) is 7.28. The van der Waals surface area contributed by atoms with E-state index in [-0.39, 0.29) is 18.2 Å². The zero-order chi connectivity index (χ0) is 16.1. The van der Waals surface area contributed by atoms with Crippen molar-refractivity contribution >= 4 is 17.8 Å². The van der Waals surface area contributed by atoms with Gasteiger partial charge in [0.2, 0.25) is 5.91 Å². The molecule has 118 valence electrons. The van der Waals surface area contributed by atoms with Gasteiger partial charge in [0.15, 0.2) is 0 Å². The number of rotatable bonds is 6. The van der Waals surface area contributed by atoms with Gasteiger partial charge in [-0.1, -0.05) is 13.0 Å². The SMILES string of the molecule is CCc1ccc(CN(C)C(=O)CCC2NC(=O)NC2=O)nc1. The number of hydrogen-bond acceptors (Lipinski definition) is 4. The fourth-order valence-electron chi connectivity index (χ4n) is 2.21. The average molecular weight is 304 g/mol. The molecule has 1 saturated heterocycles. The number of pyridine rings is 1. The van der Waals surface area contributed by atoms with Crippen LogP contribution in [0.3, 0.4) is 0 Å². The highest BCUT2D eigenvalue weighted by Crippen LogP contribution is 2.08. The van der Waals surface area contributed by atoms with Crippen LogP contribution in [0.25, 0.3) is 0 Å². The molecule has 1 aliphatic heterocycles. The first-order chi connectivity index (χ1) is 10.5. The Labute approximate surface area is 129 Å². The Balaban J connectivity index is 1.81. The van der Waals surface area contributed by atoms with E-state index in [0.29, 0.717) is 13.0 Å². The zero-order valence-corrected chi connectivity index (χ0v) is 12.8. The van der Waals surface area contributed by atoms with Crippen LogP contribution in [0.1, 0.15) is 31.0 Å². The van der Waals surface area contributed by atoms with Crippen LogP contribution < -0.4 is 10.6 Å². The molecular formula is C15H20N4O3. The Morgan fingerprint density at radius 2 is 2.14 bits per heavy atom. The quantitative estimate of drug-likeness (QED) is 0.753. The number of urea groups is 1. The largest absolute Gasteiger partial charge is 0.340 e. The van der Waals surface area contributed by atoms with Crippen molar-refractivity contribution in [3.8, 4) is 0 Å². The van der Waals surface area contributed by atoms with E-state index in [4.69, 9.17) is 0 Å². The molecule has 0 saturated carbocycles. The van der Waals surface area contributed by atoms with Gasteiger partial charge in [-0.25, -0.2) is 4.79 Å². The van der Waals surface area contributed by atoms with E-state index >= 15 is 0 Å². The van der Waals surface area contributed by atoms with E-state index in [0.717, 1.165) is 17.7 Å². The summed E-state index contributed by atoms with van der Waals surface area (Å²) in [6, 6.07) is 2.79. The van der Waals surface area contributed by atoms with Crippen LogP contribution in [-0.2, 0) is 22.6 Å². The number of nitrogens with one attached hydrogen (secondary N) is 2. The first kappa shape index (κ1) is 15.9. The number of aromatic nitrogens is 1. The van der Waals surface area contributed by atoms with Crippen LogP contribution in [-0.4, -0.2) is 40.8 Å². The highest BCUT2D eigenvalue weighted by Gasteiger charge is 2.29. The standard InChI is InChI=1S/C15H20N4O3/c1-3-10-4-5-11(16-8-10)9-19(2)13(20)7-6-12-14(21)18-15(22)17-12/h4-5,8,12H,3,6-7,9H2,1-2H3,(H2,17,18,21,22). The number of carbonyl (C=O) groups excluding carboxylic acids is 3. The second-order valence-corrected chi connectivity index (χ2v) is 5.32. The molecule has 2 rings (SSSR count). The summed E-state index contributed by atoms with van der Waals surface area (Å²) in [6.07, 6.45) is 3.23. The van der Waals surface area contributed by atoms with Gasteiger partial charge in [0.25, 0.3) is 5.91 Å². The minimum atomic E-state index is -0.619. The molecule has 1 fully saturated rings. The predicted octanol–water partition coefficient (Wildman–Crippen LogP) is 0.591. The van der Waals surface area contributed by atoms with E-state index in [1.165, 1.54) is 0 Å². The van der Waals surface area contributed by atoms with Crippen LogP contribution in [0, 0.1) is 0 Å². The van der Waals surface area contributed by atoms with E-state index in [9.17, 15) is 14.4 Å². The van der Waals surface area contributed by atoms with Gasteiger partial charge in [-0.3, -0.25) is 19.9 Å². The van der Waals surface area contributed by atoms with E-state index < -0.39 is 12.1 Å². The van der Waals surface area contributed by atoms with Crippen LogP contribution in [0.4, 0.5) is 4.79 Å². The summed E-state index contributed by atoms with van der Waals surface area (Å²) in [7, 11) is 1.70. The Morgan fingerprint density at radius 3 is 2.68 bits per heavy atom. The van der Waals surface area contributed by atoms with E-state index in [1.54, 1.807) is 11.9 Å². The topological polar surface area (TPSA) is 91.4 Å². The van der Waals surface area contributed by atoms with E-state index in [2.05, 4.69) is 22.5 Å². The van der Waals surface area contributed by atoms with Crippen molar-refractivity contribution in [1.29, 1.82) is 0 Å². The van der Waals surface area contributed by atoms with Gasteiger partial charge in [0.1, 0.15) is 6.04 Å². The van der Waals surface area contributed by atoms with Crippen LogP contribution >= 0.6 is 0 Å². The van der Waals surface area contributed by atoms with Gasteiger partial charge in [-0.05, 0) is 24.5 Å². The molecule has 2 N–H and O–H groups in total. The van der Waals surface area contributed by atoms with Crippen molar-refractivity contribution in [2.45, 2.75) is 38.8 Å². The number of imide groups is 1. The summed E-state index contributed by atoms with van der Waals surface area (Å²) in [5.41, 5.74) is 1.97. The fourth-order valence-corrected chi connectivity index (χ4v) is 2.21. The lowest BCUT2D eigenvalue weighted by atomic mass is 10.1. The lowest BCUT2D eigenvalue weighted by Crippen LogP contribution is -2.32. The Kier molecular flexibility index (Phi) is 5.08. The smallest absolute Gasteiger partial charge is 0.322 e. The predicted molar refractivity (Wildman–Crippen MR) is 79.8 cm³/mol. The minimum Gasteiger partial charge on any atom is -0.340 e. The summed E-state index contributed by atoms with van der Waals surface area (Å²) in [4.78, 5) is 40.3. The van der Waals surface area contributed by atoms with Crippen LogP contribution in [0.15, 0.2) is 18.3 Å². The molecule has 7 nitrogen and oxygen atoms in total. The summed E-state index contributed by atoms with van der Waals surface area (Å²) in [6.45, 7) is 2.48. The molecule has 1 atom stereocenters. The molecule has 0 bridgehead atoms. The molecule has 0 spiro atoms. The molecule has 1 unspecified atom stereocenters. The second-order valence-electron chi connectivity index (χ2n) is 5.32. The van der Waals surface area contributed by atoms with Crippen molar-refractivity contribution in [3.05, 3.63) is 29.6 Å². The van der Waals surface area contributed by atoms with Gasteiger partial charge < -0.3 is 10.2 Å². The van der Waals surface area contributed by atoms with Crippen LogP contribution in [0.2, 0.25) is 0 Å². The van der Waals surface area contributed by atoms with E-state index in [1.807, 2.05) is 18.3 Å². The number of carbonyl (C=O) groups is 3. The lowest BCUT2D eigenvalue weighted by Gasteiger charge is -2.17. The molecule has 1 aromatic rings. The maximum Gasteiger partial charge on any atom is 0.322 e. The number of nitrogens with zero attached hydrogens (tertiary/aromatic N) is 2. The third kappa shape index (κ3) is 4.03. The molecule has 1 aliphatic rings. The van der Waals surface area contributed by atoms with Gasteiger partial charge in [-0.2, -0.15) is 0 Å². The molecule has 22 heavy (non-hydrogen) atoms. The molecule has 4 amide bonds. The number of aryl methyl sites for hydroxylation is 1. The monoisotopic (exact) mass is 304 g/mol. The summed E-state index contributed by atoms with van der Waals surface area (Å²) in [5, 5.41) is 4.62. The summed E-state index contributed by atoms with van der Waals surface area (Å²) >= 11 is 0. The molecule has 7 heteroatoms. The summed E-state index contributed by atoms with van der Waals surface area (Å²) < 4.78 is 0. The third-order valence-electron chi connectivity index (χ3n) is 3.62. The summed E-state index contributed by atoms with van der Waals surface area (Å²) in [5.74, 6) is -0.465. The zero-order valence-electron chi connectivity index (χ0n) is 12.8. The van der Waals surface area contributed by atoms with Crippen molar-refractivity contribution in [2.24, 2.45) is 0 Å². The maximum atomic E-state index is 12.1. The third-order valence-corrected chi connectivity index (χ3v) is 3.62. The number of hydrogen-bond donors (Lipinski definition) is 2. The molecule has 0 aromatic carbocycles.